The standard InChI is InChI=1S/C22H29N9O/c1-22(20(32)24-15-7-9-23-13-15)8-3-10-30(22)21-26-19(17-4-2-11-31(17)29-21)25-18-12-16(27-28-18)14-5-6-14/h2,4,11-12,14-15,23H,3,5-10,13H2,1H3,(H,24,32)(H2,25,26,27,28,29)/t15-,22-/m0/s1. The molecule has 0 unspecified atom stereocenters. The van der Waals surface area contributed by atoms with Gasteiger partial charge in [0.2, 0.25) is 11.9 Å². The van der Waals surface area contributed by atoms with Crippen LogP contribution in [0.25, 0.3) is 5.52 Å². The molecular weight excluding hydrogens is 406 g/mol. The van der Waals surface area contributed by atoms with E-state index < -0.39 is 5.54 Å². The fourth-order valence-corrected chi connectivity index (χ4v) is 4.89. The van der Waals surface area contributed by atoms with Crippen molar-refractivity contribution in [2.45, 2.75) is 56.5 Å². The van der Waals surface area contributed by atoms with E-state index in [1.54, 1.807) is 0 Å². The Balaban J connectivity index is 1.30. The molecule has 2 atom stereocenters. The maximum atomic E-state index is 13.3. The second-order valence-electron chi connectivity index (χ2n) is 9.40. The van der Waals surface area contributed by atoms with Crippen LogP contribution in [0.1, 0.15) is 50.6 Å². The number of aromatic amines is 1. The number of nitrogens with one attached hydrogen (secondary N) is 4. The second-order valence-corrected chi connectivity index (χ2v) is 9.40. The predicted molar refractivity (Wildman–Crippen MR) is 121 cm³/mol. The number of carbonyl (C=O) groups is 1. The van der Waals surface area contributed by atoms with Gasteiger partial charge in [0.15, 0.2) is 11.6 Å². The molecule has 6 rings (SSSR count). The van der Waals surface area contributed by atoms with E-state index in [4.69, 9.17) is 10.1 Å². The lowest BCUT2D eigenvalue weighted by Gasteiger charge is -2.34. The molecular formula is C22H29N9O. The van der Waals surface area contributed by atoms with Gasteiger partial charge < -0.3 is 20.9 Å². The molecule has 3 aromatic heterocycles. The van der Waals surface area contributed by atoms with Crippen LogP contribution in [0.5, 0.6) is 0 Å². The van der Waals surface area contributed by atoms with E-state index in [0.29, 0.717) is 17.7 Å². The van der Waals surface area contributed by atoms with Gasteiger partial charge in [-0.2, -0.15) is 10.1 Å². The zero-order valence-electron chi connectivity index (χ0n) is 18.3. The summed E-state index contributed by atoms with van der Waals surface area (Å²) >= 11 is 0. The van der Waals surface area contributed by atoms with Crippen LogP contribution < -0.4 is 20.9 Å². The third kappa shape index (κ3) is 3.38. The Hall–Kier alpha value is -3.14. The Morgan fingerprint density at radius 1 is 1.31 bits per heavy atom. The van der Waals surface area contributed by atoms with Crippen LogP contribution in [0.3, 0.4) is 0 Å². The van der Waals surface area contributed by atoms with Gasteiger partial charge in [0.05, 0.1) is 0 Å². The van der Waals surface area contributed by atoms with E-state index in [1.165, 1.54) is 18.5 Å². The van der Waals surface area contributed by atoms with E-state index in [1.807, 2.05) is 29.8 Å². The molecule has 0 aromatic carbocycles. The van der Waals surface area contributed by atoms with E-state index in [9.17, 15) is 4.79 Å². The second kappa shape index (κ2) is 7.47. The first-order valence-corrected chi connectivity index (χ1v) is 11.6. The maximum Gasteiger partial charge on any atom is 0.246 e. The Labute approximate surface area is 186 Å². The third-order valence-electron chi connectivity index (χ3n) is 7.01. The molecule has 1 amide bonds. The van der Waals surface area contributed by atoms with Crippen LogP contribution in [-0.4, -0.2) is 61.9 Å². The summed E-state index contributed by atoms with van der Waals surface area (Å²) in [5.41, 5.74) is 1.36. The SMILES string of the molecule is C[C@@]1(C(=O)N[C@H]2CCNC2)CCCN1c1nc(Nc2cc(C3CC3)[nH]n2)c2cccn2n1. The first-order chi connectivity index (χ1) is 15.6. The largest absolute Gasteiger partial charge is 0.350 e. The summed E-state index contributed by atoms with van der Waals surface area (Å²) < 4.78 is 1.82. The van der Waals surface area contributed by atoms with Crippen molar-refractivity contribution >= 4 is 29.0 Å². The Bertz CT molecular complexity index is 1140. The minimum Gasteiger partial charge on any atom is -0.350 e. The number of aromatic nitrogens is 5. The van der Waals surface area contributed by atoms with Crippen LogP contribution in [0.15, 0.2) is 24.4 Å². The van der Waals surface area contributed by atoms with Crippen LogP contribution in [0.2, 0.25) is 0 Å². The van der Waals surface area contributed by atoms with Gasteiger partial charge in [0.1, 0.15) is 11.1 Å². The summed E-state index contributed by atoms with van der Waals surface area (Å²) in [7, 11) is 0. The number of carbonyl (C=O) groups excluding carboxylic acids is 1. The molecule has 1 aliphatic carbocycles. The lowest BCUT2D eigenvalue weighted by atomic mass is 9.97. The van der Waals surface area contributed by atoms with E-state index in [-0.39, 0.29) is 11.9 Å². The van der Waals surface area contributed by atoms with Crippen LogP contribution >= 0.6 is 0 Å². The van der Waals surface area contributed by atoms with Gasteiger partial charge in [-0.25, -0.2) is 4.52 Å². The van der Waals surface area contributed by atoms with Crippen LogP contribution in [0, 0.1) is 0 Å². The zero-order valence-corrected chi connectivity index (χ0v) is 18.3. The number of anilines is 3. The van der Waals surface area contributed by atoms with Gasteiger partial charge in [-0.1, -0.05) is 0 Å². The molecule has 1 saturated carbocycles. The molecule has 10 heteroatoms. The van der Waals surface area contributed by atoms with Gasteiger partial charge >= 0.3 is 0 Å². The summed E-state index contributed by atoms with van der Waals surface area (Å²) in [5.74, 6) is 2.63. The normalized spacial score (nSPS) is 25.5. The summed E-state index contributed by atoms with van der Waals surface area (Å²) in [5, 5.41) is 22.2. The van der Waals surface area contributed by atoms with Crippen molar-refractivity contribution in [2.75, 3.05) is 29.9 Å². The highest BCUT2D eigenvalue weighted by Gasteiger charge is 2.45. The topological polar surface area (TPSA) is 115 Å². The number of hydrogen-bond acceptors (Lipinski definition) is 7. The number of nitrogens with zero attached hydrogens (tertiary/aromatic N) is 5. The minimum absolute atomic E-state index is 0.0517. The van der Waals surface area contributed by atoms with Crippen molar-refractivity contribution in [3.8, 4) is 0 Å². The molecule has 0 spiro atoms. The average molecular weight is 436 g/mol. The minimum atomic E-state index is -0.674. The Morgan fingerprint density at radius 3 is 3.03 bits per heavy atom. The summed E-state index contributed by atoms with van der Waals surface area (Å²) in [6.45, 7) is 4.52. The van der Waals surface area contributed by atoms with Crippen LogP contribution in [-0.2, 0) is 4.79 Å². The number of amides is 1. The zero-order chi connectivity index (χ0) is 21.7. The van der Waals surface area contributed by atoms with Gasteiger partial charge in [-0.15, -0.1) is 5.10 Å². The third-order valence-corrected chi connectivity index (χ3v) is 7.01. The number of rotatable bonds is 6. The van der Waals surface area contributed by atoms with Crippen LogP contribution in [0.4, 0.5) is 17.6 Å². The van der Waals surface area contributed by atoms with Crippen molar-refractivity contribution < 1.29 is 4.79 Å². The lowest BCUT2D eigenvalue weighted by Crippen LogP contribution is -2.56. The van der Waals surface area contributed by atoms with Gasteiger partial charge in [-0.05, 0) is 57.7 Å². The fraction of sp³-hybridized carbons (Fsp3) is 0.545. The number of H-pyrrole nitrogens is 1. The first-order valence-electron chi connectivity index (χ1n) is 11.6. The number of fused-ring (bicyclic) bond motifs is 1. The molecule has 5 heterocycles. The molecule has 168 valence electrons. The van der Waals surface area contributed by atoms with Gasteiger partial charge in [-0.3, -0.25) is 9.89 Å². The van der Waals surface area contributed by atoms with Gasteiger partial charge in [0.25, 0.3) is 0 Å². The van der Waals surface area contributed by atoms with Crippen molar-refractivity contribution in [1.29, 1.82) is 0 Å². The van der Waals surface area contributed by atoms with Crippen molar-refractivity contribution in [3.63, 3.8) is 0 Å². The van der Waals surface area contributed by atoms with E-state index in [0.717, 1.165) is 50.2 Å². The number of hydrogen-bond donors (Lipinski definition) is 4. The average Bonchev–Trinajstić information content (AvgIpc) is 3.22. The molecule has 3 aromatic rings. The monoisotopic (exact) mass is 435 g/mol. The molecule has 2 aliphatic heterocycles. The van der Waals surface area contributed by atoms with Crippen molar-refractivity contribution in [3.05, 3.63) is 30.1 Å². The molecule has 0 bridgehead atoms. The highest BCUT2D eigenvalue weighted by atomic mass is 16.2. The molecule has 0 radical (unpaired) electrons. The molecule has 3 fully saturated rings. The Kier molecular flexibility index (Phi) is 4.56. The highest BCUT2D eigenvalue weighted by molar-refractivity contribution is 5.90. The highest BCUT2D eigenvalue weighted by Crippen LogP contribution is 2.40. The summed E-state index contributed by atoms with van der Waals surface area (Å²) in [6, 6.07) is 6.17. The molecule has 2 saturated heterocycles. The van der Waals surface area contributed by atoms with E-state index >= 15 is 0 Å². The Morgan fingerprint density at radius 2 is 2.22 bits per heavy atom. The molecule has 3 aliphatic rings. The smallest absolute Gasteiger partial charge is 0.246 e. The summed E-state index contributed by atoms with van der Waals surface area (Å²) in [6.07, 6.45) is 7.01. The van der Waals surface area contributed by atoms with E-state index in [2.05, 4.69) is 37.1 Å². The molecule has 4 N–H and O–H groups in total. The molecule has 32 heavy (non-hydrogen) atoms. The molecule has 10 nitrogen and oxygen atoms in total. The fourth-order valence-electron chi connectivity index (χ4n) is 4.89. The van der Waals surface area contributed by atoms with Crippen molar-refractivity contribution in [2.24, 2.45) is 0 Å². The predicted octanol–water partition coefficient (Wildman–Crippen LogP) is 1.91. The van der Waals surface area contributed by atoms with Gasteiger partial charge in [0, 0.05) is 43.0 Å². The maximum absolute atomic E-state index is 13.3. The lowest BCUT2D eigenvalue weighted by molar-refractivity contribution is -0.126. The van der Waals surface area contributed by atoms with Crippen molar-refractivity contribution in [1.82, 2.24) is 35.4 Å². The first kappa shape index (κ1) is 19.5. The quantitative estimate of drug-likeness (QED) is 0.467. The summed E-state index contributed by atoms with van der Waals surface area (Å²) in [4.78, 5) is 20.2.